The highest BCUT2D eigenvalue weighted by Crippen LogP contribution is 2.33. The fourth-order valence-corrected chi connectivity index (χ4v) is 6.30. The van der Waals surface area contributed by atoms with E-state index in [1.54, 1.807) is 40.0 Å². The summed E-state index contributed by atoms with van der Waals surface area (Å²) in [6, 6.07) is 11.2. The van der Waals surface area contributed by atoms with Gasteiger partial charge in [-0.3, -0.25) is 9.48 Å². The molecule has 0 bridgehead atoms. The molecule has 0 unspecified atom stereocenters. The van der Waals surface area contributed by atoms with Gasteiger partial charge in [-0.05, 0) is 38.5 Å². The van der Waals surface area contributed by atoms with Gasteiger partial charge in [0.2, 0.25) is 10.0 Å². The summed E-state index contributed by atoms with van der Waals surface area (Å²) >= 11 is 0. The molecular formula is C25H31N5O4S. The van der Waals surface area contributed by atoms with E-state index in [1.807, 2.05) is 37.3 Å². The van der Waals surface area contributed by atoms with Gasteiger partial charge in [0.15, 0.2) is 0 Å². The number of amides is 1. The van der Waals surface area contributed by atoms with Crippen molar-refractivity contribution in [3.8, 4) is 0 Å². The summed E-state index contributed by atoms with van der Waals surface area (Å²) in [6.45, 7) is 9.52. The van der Waals surface area contributed by atoms with Gasteiger partial charge in [0.25, 0.3) is 5.91 Å². The molecule has 186 valence electrons. The maximum absolute atomic E-state index is 13.5. The van der Waals surface area contributed by atoms with Crippen LogP contribution in [0.4, 0.5) is 0 Å². The number of rotatable bonds is 8. The van der Waals surface area contributed by atoms with Gasteiger partial charge in [-0.15, -0.1) is 0 Å². The highest BCUT2D eigenvalue weighted by Gasteiger charge is 2.36. The van der Waals surface area contributed by atoms with E-state index in [0.29, 0.717) is 36.7 Å². The molecule has 2 aromatic heterocycles. The molecule has 1 aliphatic rings. The molecule has 3 aromatic rings. The minimum absolute atomic E-state index is 0.137. The number of carbonyl (C=O) groups is 1. The van der Waals surface area contributed by atoms with Gasteiger partial charge in [-0.25, -0.2) is 13.4 Å². The highest BCUT2D eigenvalue weighted by molar-refractivity contribution is 7.89. The third-order valence-corrected chi connectivity index (χ3v) is 8.63. The van der Waals surface area contributed by atoms with Crippen molar-refractivity contribution < 1.29 is 17.6 Å². The number of benzene rings is 1. The van der Waals surface area contributed by atoms with Gasteiger partial charge in [0.05, 0.1) is 23.4 Å². The lowest BCUT2D eigenvalue weighted by Gasteiger charge is -2.20. The summed E-state index contributed by atoms with van der Waals surface area (Å²) in [6.07, 6.45) is 2.09. The summed E-state index contributed by atoms with van der Waals surface area (Å²) in [5.41, 5.74) is 3.68. The van der Waals surface area contributed by atoms with Gasteiger partial charge in [-0.1, -0.05) is 43.7 Å². The molecular weight excluding hydrogens is 466 g/mol. The molecule has 1 aromatic carbocycles. The summed E-state index contributed by atoms with van der Waals surface area (Å²) in [5, 5.41) is 10.5. The number of aromatic nitrogens is 2. The summed E-state index contributed by atoms with van der Waals surface area (Å²) in [4.78, 5) is 13.6. The Labute approximate surface area is 206 Å². The minimum Gasteiger partial charge on any atom is -0.467 e. The molecule has 1 atom stereocenters. The van der Waals surface area contributed by atoms with E-state index in [0.717, 1.165) is 16.8 Å². The van der Waals surface area contributed by atoms with E-state index in [-0.39, 0.29) is 23.4 Å². The molecule has 3 heterocycles. The molecule has 1 amide bonds. The van der Waals surface area contributed by atoms with E-state index < -0.39 is 10.0 Å². The lowest BCUT2D eigenvalue weighted by Crippen LogP contribution is -2.32. The summed E-state index contributed by atoms with van der Waals surface area (Å²) in [7, 11) is -3.71. The van der Waals surface area contributed by atoms with Crippen molar-refractivity contribution >= 4 is 21.6 Å². The van der Waals surface area contributed by atoms with Crippen LogP contribution in [0.1, 0.15) is 54.6 Å². The molecule has 0 aliphatic carbocycles. The zero-order valence-corrected chi connectivity index (χ0v) is 21.5. The van der Waals surface area contributed by atoms with Gasteiger partial charge < -0.3 is 4.42 Å². The first-order valence-corrected chi connectivity index (χ1v) is 13.2. The Balaban J connectivity index is 1.65. The second kappa shape index (κ2) is 9.79. The Hall–Kier alpha value is -3.24. The Kier molecular flexibility index (Phi) is 6.95. The van der Waals surface area contributed by atoms with Crippen LogP contribution in [0.25, 0.3) is 0 Å². The van der Waals surface area contributed by atoms with Crippen molar-refractivity contribution in [3.05, 3.63) is 70.9 Å². The van der Waals surface area contributed by atoms with Crippen LogP contribution in [0.3, 0.4) is 0 Å². The first kappa shape index (κ1) is 24.9. The Bertz CT molecular complexity index is 1340. The number of hydrogen-bond donors (Lipinski definition) is 0. The summed E-state index contributed by atoms with van der Waals surface area (Å²) in [5.74, 6) is 0.341. The van der Waals surface area contributed by atoms with Crippen molar-refractivity contribution in [2.24, 2.45) is 5.10 Å². The van der Waals surface area contributed by atoms with Gasteiger partial charge in [-0.2, -0.15) is 14.5 Å². The van der Waals surface area contributed by atoms with Crippen LogP contribution in [0.15, 0.2) is 57.1 Å². The molecule has 4 rings (SSSR count). The minimum atomic E-state index is -3.71. The Morgan fingerprint density at radius 3 is 2.40 bits per heavy atom. The van der Waals surface area contributed by atoms with E-state index in [2.05, 4.69) is 10.2 Å². The molecule has 0 N–H and O–H groups in total. The van der Waals surface area contributed by atoms with Crippen LogP contribution in [-0.4, -0.2) is 52.2 Å². The Morgan fingerprint density at radius 2 is 1.80 bits per heavy atom. The predicted molar refractivity (Wildman–Crippen MR) is 132 cm³/mol. The quantitative estimate of drug-likeness (QED) is 0.471. The fraction of sp³-hybridized carbons (Fsp3) is 0.400. The van der Waals surface area contributed by atoms with Crippen molar-refractivity contribution in [2.75, 3.05) is 13.1 Å². The van der Waals surface area contributed by atoms with E-state index in [4.69, 9.17) is 4.42 Å². The van der Waals surface area contributed by atoms with Crippen molar-refractivity contribution in [1.82, 2.24) is 19.1 Å². The van der Waals surface area contributed by atoms with Gasteiger partial charge in [0.1, 0.15) is 23.2 Å². The number of carbonyl (C=O) groups excluding carboxylic acids is 1. The molecule has 0 spiro atoms. The second-order valence-corrected chi connectivity index (χ2v) is 10.5. The first-order valence-electron chi connectivity index (χ1n) is 11.7. The van der Waals surface area contributed by atoms with E-state index in [1.165, 1.54) is 14.0 Å². The van der Waals surface area contributed by atoms with Crippen molar-refractivity contribution in [3.63, 3.8) is 0 Å². The third kappa shape index (κ3) is 4.68. The molecule has 10 heteroatoms. The van der Waals surface area contributed by atoms with Crippen LogP contribution < -0.4 is 0 Å². The van der Waals surface area contributed by atoms with E-state index in [9.17, 15) is 13.2 Å². The molecule has 0 saturated carbocycles. The smallest absolute Gasteiger partial charge is 0.265 e. The molecule has 35 heavy (non-hydrogen) atoms. The monoisotopic (exact) mass is 497 g/mol. The van der Waals surface area contributed by atoms with Crippen LogP contribution in [0, 0.1) is 20.8 Å². The maximum atomic E-state index is 13.5. The number of aryl methyl sites for hydroxylation is 2. The Morgan fingerprint density at radius 1 is 1.11 bits per heavy atom. The fourth-order valence-electron chi connectivity index (χ4n) is 4.46. The van der Waals surface area contributed by atoms with Crippen LogP contribution >= 0.6 is 0 Å². The second-order valence-electron chi connectivity index (χ2n) is 8.63. The lowest BCUT2D eigenvalue weighted by molar-refractivity contribution is -0.134. The SMILES string of the molecule is CCN(CC)S(=O)(=O)c1c(C)nn(CC(=O)N2N=C(c3ccc(C)cc3)C[C@@H]2c2ccco2)c1C. The van der Waals surface area contributed by atoms with Crippen molar-refractivity contribution in [2.45, 2.75) is 58.5 Å². The number of hydrogen-bond acceptors (Lipinski definition) is 6. The zero-order valence-electron chi connectivity index (χ0n) is 20.7. The third-order valence-electron chi connectivity index (χ3n) is 6.33. The molecule has 0 radical (unpaired) electrons. The average molecular weight is 498 g/mol. The normalized spacial score (nSPS) is 16.2. The standard InChI is InChI=1S/C25H31N5O4S/c1-6-28(7-2)35(32,33)25-18(4)26-29(19(25)5)16-24(31)30-22(23-9-8-14-34-23)15-21(27-30)20-12-10-17(3)11-13-20/h8-14,22H,6-7,15-16H2,1-5H3/t22-/m1/s1. The predicted octanol–water partition coefficient (Wildman–Crippen LogP) is 3.81. The maximum Gasteiger partial charge on any atom is 0.265 e. The number of sulfonamides is 1. The summed E-state index contributed by atoms with van der Waals surface area (Å²) < 4.78 is 34.8. The largest absolute Gasteiger partial charge is 0.467 e. The number of nitrogens with zero attached hydrogens (tertiary/aromatic N) is 5. The lowest BCUT2D eigenvalue weighted by atomic mass is 10.0. The van der Waals surface area contributed by atoms with Crippen molar-refractivity contribution in [1.29, 1.82) is 0 Å². The molecule has 0 saturated heterocycles. The topological polar surface area (TPSA) is 101 Å². The van der Waals surface area contributed by atoms with E-state index >= 15 is 0 Å². The highest BCUT2D eigenvalue weighted by atomic mass is 32.2. The van der Waals surface area contributed by atoms with Gasteiger partial charge >= 0.3 is 0 Å². The van der Waals surface area contributed by atoms with Crippen LogP contribution in [0.5, 0.6) is 0 Å². The number of furan rings is 1. The van der Waals surface area contributed by atoms with Crippen LogP contribution in [0.2, 0.25) is 0 Å². The first-order chi connectivity index (χ1) is 16.7. The molecule has 1 aliphatic heterocycles. The zero-order chi connectivity index (χ0) is 25.3. The van der Waals surface area contributed by atoms with Gasteiger partial charge in [0, 0.05) is 19.5 Å². The van der Waals surface area contributed by atoms with Crippen LogP contribution in [-0.2, 0) is 21.4 Å². The molecule has 0 fully saturated rings. The number of hydrazone groups is 1. The average Bonchev–Trinajstić information content (AvgIpc) is 3.54. The molecule has 9 nitrogen and oxygen atoms in total.